The maximum absolute atomic E-state index is 13.4. The second-order valence-electron chi connectivity index (χ2n) is 9.56. The van der Waals surface area contributed by atoms with Gasteiger partial charge in [0.15, 0.2) is 8.32 Å². The fraction of sp³-hybridized carbons (Fsp3) is 0.375. The molecule has 0 radical (unpaired) electrons. The van der Waals surface area contributed by atoms with Crippen molar-refractivity contribution in [2.45, 2.75) is 58.4 Å². The second-order valence-corrected chi connectivity index (χ2v) is 14.8. The molecular weight excluding hydrogens is 444 g/mol. The number of carbonyl (C=O) groups is 2. The Bertz CT molecular complexity index is 1180. The minimum Gasteiger partial charge on any atom is -0.481 e. The van der Waals surface area contributed by atoms with E-state index in [2.05, 4.69) is 43.8 Å². The topological polar surface area (TPSA) is 92.3 Å². The molecule has 0 aliphatic heterocycles. The monoisotopic (exact) mass is 472 g/mol. The molecule has 1 aromatic carbocycles. The molecule has 170 valence electrons. The van der Waals surface area contributed by atoms with Crippen LogP contribution in [-0.4, -0.2) is 35.1 Å². The van der Waals surface area contributed by atoms with Crippen LogP contribution in [0.15, 0.2) is 36.5 Å². The summed E-state index contributed by atoms with van der Waals surface area (Å²) in [5.41, 5.74) is 2.34. The summed E-state index contributed by atoms with van der Waals surface area (Å²) in [6, 6.07) is 8.65. The fourth-order valence-corrected chi connectivity index (χ4v) is 4.94. The molecule has 0 spiro atoms. The number of hydrogen-bond acceptors (Lipinski definition) is 4. The maximum Gasteiger partial charge on any atom is 0.307 e. The Morgan fingerprint density at radius 2 is 1.91 bits per heavy atom. The molecule has 0 saturated heterocycles. The average molecular weight is 473 g/mol. The number of hydrogen-bond donors (Lipinski definition) is 2. The van der Waals surface area contributed by atoms with Crippen molar-refractivity contribution < 1.29 is 19.1 Å². The van der Waals surface area contributed by atoms with E-state index < -0.39 is 14.3 Å². The Kier molecular flexibility index (Phi) is 6.65. The number of carbonyl (C=O) groups excluding carboxylic acids is 1. The highest BCUT2D eigenvalue weighted by atomic mass is 35.5. The minimum atomic E-state index is -2.00. The van der Waals surface area contributed by atoms with E-state index in [0.717, 1.165) is 5.56 Å². The molecule has 3 rings (SSSR count). The van der Waals surface area contributed by atoms with Crippen LogP contribution in [0, 0.1) is 0 Å². The predicted octanol–water partition coefficient (Wildman–Crippen LogP) is 6.16. The quantitative estimate of drug-likeness (QED) is 0.317. The Labute approximate surface area is 194 Å². The number of fused-ring (bicyclic) bond motifs is 1. The van der Waals surface area contributed by atoms with Crippen molar-refractivity contribution in [3.05, 3.63) is 64.1 Å². The van der Waals surface area contributed by atoms with Gasteiger partial charge in [0.1, 0.15) is 5.69 Å². The van der Waals surface area contributed by atoms with Crippen molar-refractivity contribution in [2.75, 3.05) is 0 Å². The fourth-order valence-electron chi connectivity index (χ4n) is 3.40. The van der Waals surface area contributed by atoms with Crippen LogP contribution in [0.25, 0.3) is 10.9 Å². The summed E-state index contributed by atoms with van der Waals surface area (Å²) in [7, 11) is -2.00. The number of halogens is 1. The number of H-pyrrole nitrogens is 1. The number of carboxylic acids is 1. The molecular formula is C24H29ClN2O4Si. The van der Waals surface area contributed by atoms with E-state index in [4.69, 9.17) is 16.0 Å². The van der Waals surface area contributed by atoms with Crippen LogP contribution in [-0.2, 0) is 15.6 Å². The Morgan fingerprint density at radius 1 is 1.22 bits per heavy atom. The van der Waals surface area contributed by atoms with Gasteiger partial charge in [-0.15, -0.1) is 0 Å². The van der Waals surface area contributed by atoms with Crippen LogP contribution in [0.2, 0.25) is 23.2 Å². The molecule has 2 heterocycles. The van der Waals surface area contributed by atoms with Gasteiger partial charge >= 0.3 is 5.97 Å². The van der Waals surface area contributed by atoms with Gasteiger partial charge in [0.25, 0.3) is 0 Å². The lowest BCUT2D eigenvalue weighted by Gasteiger charge is -2.38. The third-order valence-corrected chi connectivity index (χ3v) is 11.0. The van der Waals surface area contributed by atoms with Gasteiger partial charge in [0.2, 0.25) is 5.78 Å². The van der Waals surface area contributed by atoms with Gasteiger partial charge in [0.05, 0.1) is 18.2 Å². The number of benzene rings is 1. The summed E-state index contributed by atoms with van der Waals surface area (Å²) in [5.74, 6) is -1.39. The predicted molar refractivity (Wildman–Crippen MR) is 129 cm³/mol. The standard InChI is InChI=1S/C24H29ClN2O4Si/c1-14(31-32(5,6)24(2,3)4)15-9-10-26-20(11-15)23(30)22-18(13-21(28)29)17-8-7-16(25)12-19(17)27-22/h7-12,14,27H,13H2,1-6H3,(H,28,29). The van der Waals surface area contributed by atoms with Crippen molar-refractivity contribution in [3.8, 4) is 0 Å². The van der Waals surface area contributed by atoms with Crippen molar-refractivity contribution in [3.63, 3.8) is 0 Å². The number of carboxylic acid groups (broad SMARTS) is 1. The molecule has 3 aromatic rings. The minimum absolute atomic E-state index is 0.0598. The second kappa shape index (κ2) is 8.81. The third-order valence-electron chi connectivity index (χ3n) is 6.19. The van der Waals surface area contributed by atoms with E-state index in [-0.39, 0.29) is 34.7 Å². The highest BCUT2D eigenvalue weighted by molar-refractivity contribution is 6.74. The Hall–Kier alpha value is -2.48. The lowest BCUT2D eigenvalue weighted by Crippen LogP contribution is -2.41. The van der Waals surface area contributed by atoms with Gasteiger partial charge in [0, 0.05) is 27.7 Å². The molecule has 0 aliphatic rings. The van der Waals surface area contributed by atoms with Crippen LogP contribution in [0.5, 0.6) is 0 Å². The molecule has 0 saturated carbocycles. The molecule has 6 nitrogen and oxygen atoms in total. The molecule has 0 fully saturated rings. The van der Waals surface area contributed by atoms with Crippen molar-refractivity contribution >= 4 is 42.6 Å². The number of aromatic nitrogens is 2. The number of nitrogens with one attached hydrogen (secondary N) is 1. The molecule has 1 unspecified atom stereocenters. The van der Waals surface area contributed by atoms with Crippen molar-refractivity contribution in [1.29, 1.82) is 0 Å². The van der Waals surface area contributed by atoms with Crippen LogP contribution in [0.3, 0.4) is 0 Å². The van der Waals surface area contributed by atoms with Gasteiger partial charge in [-0.1, -0.05) is 38.4 Å². The van der Waals surface area contributed by atoms with Crippen LogP contribution in [0.1, 0.15) is 61.1 Å². The molecule has 2 aromatic heterocycles. The first-order valence-electron chi connectivity index (χ1n) is 10.5. The number of pyridine rings is 1. The van der Waals surface area contributed by atoms with E-state index in [9.17, 15) is 14.7 Å². The Balaban J connectivity index is 1.99. The van der Waals surface area contributed by atoms with Gasteiger partial charge < -0.3 is 14.5 Å². The van der Waals surface area contributed by atoms with Gasteiger partial charge in [-0.25, -0.2) is 0 Å². The largest absolute Gasteiger partial charge is 0.481 e. The van der Waals surface area contributed by atoms with Crippen LogP contribution < -0.4 is 0 Å². The number of aliphatic carboxylic acids is 1. The van der Waals surface area contributed by atoms with Gasteiger partial charge in [-0.2, -0.15) is 0 Å². The first-order chi connectivity index (χ1) is 14.8. The first kappa shape index (κ1) is 24.2. The highest BCUT2D eigenvalue weighted by Gasteiger charge is 2.38. The summed E-state index contributed by atoms with van der Waals surface area (Å²) < 4.78 is 6.47. The van der Waals surface area contributed by atoms with E-state index >= 15 is 0 Å². The van der Waals surface area contributed by atoms with E-state index in [1.54, 1.807) is 30.5 Å². The van der Waals surface area contributed by atoms with E-state index in [1.807, 2.05) is 13.0 Å². The maximum atomic E-state index is 13.4. The Morgan fingerprint density at radius 3 is 2.53 bits per heavy atom. The average Bonchev–Trinajstić information content (AvgIpc) is 3.03. The molecule has 8 heteroatoms. The summed E-state index contributed by atoms with van der Waals surface area (Å²) in [5, 5.41) is 10.6. The van der Waals surface area contributed by atoms with Gasteiger partial charge in [-0.05, 0) is 54.9 Å². The van der Waals surface area contributed by atoms with Crippen molar-refractivity contribution in [1.82, 2.24) is 9.97 Å². The SMILES string of the molecule is CC(O[Si](C)(C)C(C)(C)C)c1ccnc(C(=O)c2[nH]c3cc(Cl)ccc3c2CC(=O)O)c1. The van der Waals surface area contributed by atoms with Crippen LogP contribution in [0.4, 0.5) is 0 Å². The zero-order chi connectivity index (χ0) is 23.8. The summed E-state index contributed by atoms with van der Waals surface area (Å²) >= 11 is 6.08. The lowest BCUT2D eigenvalue weighted by molar-refractivity contribution is -0.136. The van der Waals surface area contributed by atoms with Crippen molar-refractivity contribution in [2.24, 2.45) is 0 Å². The third kappa shape index (κ3) is 4.95. The van der Waals surface area contributed by atoms with E-state index in [0.29, 0.717) is 21.5 Å². The van der Waals surface area contributed by atoms with E-state index in [1.165, 1.54) is 0 Å². The number of rotatable bonds is 7. The number of nitrogens with zero attached hydrogens (tertiary/aromatic N) is 1. The highest BCUT2D eigenvalue weighted by Crippen LogP contribution is 2.39. The molecule has 0 amide bonds. The molecule has 0 bridgehead atoms. The summed E-state index contributed by atoms with van der Waals surface area (Å²) in [6.45, 7) is 12.9. The summed E-state index contributed by atoms with van der Waals surface area (Å²) in [4.78, 5) is 32.2. The number of aromatic amines is 1. The lowest BCUT2D eigenvalue weighted by atomic mass is 10.0. The molecule has 0 aliphatic carbocycles. The zero-order valence-electron chi connectivity index (χ0n) is 19.2. The molecule has 2 N–H and O–H groups in total. The normalized spacial score (nSPS) is 13.3. The molecule has 1 atom stereocenters. The summed E-state index contributed by atoms with van der Waals surface area (Å²) in [6.07, 6.45) is 1.10. The zero-order valence-corrected chi connectivity index (χ0v) is 21.0. The van der Waals surface area contributed by atoms with Crippen LogP contribution >= 0.6 is 11.6 Å². The van der Waals surface area contributed by atoms with Gasteiger partial charge in [-0.3, -0.25) is 14.6 Å². The molecule has 32 heavy (non-hydrogen) atoms. The first-order valence-corrected chi connectivity index (χ1v) is 13.8. The number of ketones is 1. The smallest absolute Gasteiger partial charge is 0.307 e.